The average molecular weight is 306 g/mol. The maximum Gasteiger partial charge on any atom is 0.122 e. The van der Waals surface area contributed by atoms with Crippen LogP contribution in [0.25, 0.3) is 0 Å². The molecule has 1 unspecified atom stereocenters. The fourth-order valence-corrected chi connectivity index (χ4v) is 3.12. The topological polar surface area (TPSA) is 39.1 Å². The highest BCUT2D eigenvalue weighted by Gasteiger charge is 2.23. The second-order valence-electron chi connectivity index (χ2n) is 5.15. The standard InChI is InChI=1S/C16H20ClN3O/c1-3-18-15(16-13(17)10-19-20(16)4-2)12-5-6-14-11(9-12)7-8-21-14/h5-6,9-10,15,18H,3-4,7-8H2,1-2H3. The molecule has 112 valence electrons. The second-order valence-corrected chi connectivity index (χ2v) is 5.56. The van der Waals surface area contributed by atoms with Crippen LogP contribution in [0, 0.1) is 0 Å². The van der Waals surface area contributed by atoms with Gasteiger partial charge >= 0.3 is 0 Å². The predicted octanol–water partition coefficient (Wildman–Crippen LogP) is 3.19. The zero-order chi connectivity index (χ0) is 14.8. The number of rotatable bonds is 5. The van der Waals surface area contributed by atoms with Crippen LogP contribution in [-0.4, -0.2) is 22.9 Å². The van der Waals surface area contributed by atoms with E-state index in [4.69, 9.17) is 16.3 Å². The molecule has 1 aromatic carbocycles. The van der Waals surface area contributed by atoms with Gasteiger partial charge in [0, 0.05) is 13.0 Å². The summed E-state index contributed by atoms with van der Waals surface area (Å²) in [4.78, 5) is 0. The maximum absolute atomic E-state index is 6.37. The van der Waals surface area contributed by atoms with Crippen molar-refractivity contribution in [2.45, 2.75) is 32.9 Å². The first-order chi connectivity index (χ1) is 10.2. The van der Waals surface area contributed by atoms with Crippen molar-refractivity contribution < 1.29 is 4.74 Å². The minimum Gasteiger partial charge on any atom is -0.493 e. The van der Waals surface area contributed by atoms with Crippen LogP contribution >= 0.6 is 11.6 Å². The van der Waals surface area contributed by atoms with E-state index in [0.29, 0.717) is 5.02 Å². The highest BCUT2D eigenvalue weighted by molar-refractivity contribution is 6.31. The summed E-state index contributed by atoms with van der Waals surface area (Å²) in [5.74, 6) is 1.00. The molecule has 0 radical (unpaired) electrons. The Hall–Kier alpha value is -1.52. The summed E-state index contributed by atoms with van der Waals surface area (Å²) in [5.41, 5.74) is 3.51. The van der Waals surface area contributed by atoms with Gasteiger partial charge in [0.05, 0.1) is 29.6 Å². The number of fused-ring (bicyclic) bond motifs is 1. The van der Waals surface area contributed by atoms with Gasteiger partial charge in [-0.25, -0.2) is 0 Å². The Bertz CT molecular complexity index is 638. The molecule has 0 saturated carbocycles. The van der Waals surface area contributed by atoms with Gasteiger partial charge in [-0.15, -0.1) is 0 Å². The number of aryl methyl sites for hydroxylation is 1. The van der Waals surface area contributed by atoms with Crippen LogP contribution in [0.3, 0.4) is 0 Å². The Labute approximate surface area is 130 Å². The lowest BCUT2D eigenvalue weighted by molar-refractivity contribution is 0.356. The van der Waals surface area contributed by atoms with Gasteiger partial charge in [0.2, 0.25) is 0 Å². The smallest absolute Gasteiger partial charge is 0.122 e. The molecule has 0 bridgehead atoms. The summed E-state index contributed by atoms with van der Waals surface area (Å²) in [5, 5.41) is 8.59. The first-order valence-corrected chi connectivity index (χ1v) is 7.82. The Kier molecular flexibility index (Phi) is 4.17. The SMILES string of the molecule is CCNC(c1ccc2c(c1)CCO2)c1c(Cl)cnn1CC. The number of benzene rings is 1. The van der Waals surface area contributed by atoms with E-state index in [1.165, 1.54) is 11.1 Å². The molecular formula is C16H20ClN3O. The molecule has 1 N–H and O–H groups in total. The fraction of sp³-hybridized carbons (Fsp3) is 0.438. The zero-order valence-corrected chi connectivity index (χ0v) is 13.2. The van der Waals surface area contributed by atoms with Crippen LogP contribution in [0.1, 0.15) is 36.7 Å². The van der Waals surface area contributed by atoms with Crippen LogP contribution in [0.4, 0.5) is 0 Å². The summed E-state index contributed by atoms with van der Waals surface area (Å²) in [7, 11) is 0. The van der Waals surface area contributed by atoms with Crippen LogP contribution < -0.4 is 10.1 Å². The third-order valence-corrected chi connectivity index (χ3v) is 4.15. The summed E-state index contributed by atoms with van der Waals surface area (Å²) < 4.78 is 7.55. The molecule has 5 heteroatoms. The van der Waals surface area contributed by atoms with Gasteiger partial charge < -0.3 is 10.1 Å². The van der Waals surface area contributed by atoms with Gasteiger partial charge in [-0.1, -0.05) is 30.7 Å². The minimum absolute atomic E-state index is 0.0517. The normalized spacial score (nSPS) is 14.8. The van der Waals surface area contributed by atoms with Crippen molar-refractivity contribution in [3.8, 4) is 5.75 Å². The van der Waals surface area contributed by atoms with E-state index in [9.17, 15) is 0 Å². The lowest BCUT2D eigenvalue weighted by atomic mass is 10.00. The van der Waals surface area contributed by atoms with Crippen LogP contribution in [-0.2, 0) is 13.0 Å². The molecule has 0 spiro atoms. The van der Waals surface area contributed by atoms with Gasteiger partial charge in [-0.3, -0.25) is 4.68 Å². The first kappa shape index (κ1) is 14.4. The molecule has 21 heavy (non-hydrogen) atoms. The van der Waals surface area contributed by atoms with Gasteiger partial charge in [0.25, 0.3) is 0 Å². The maximum atomic E-state index is 6.37. The van der Waals surface area contributed by atoms with Gasteiger partial charge in [-0.05, 0) is 30.7 Å². The number of nitrogens with one attached hydrogen (secondary N) is 1. The molecule has 4 nitrogen and oxygen atoms in total. The quantitative estimate of drug-likeness (QED) is 0.922. The molecule has 3 rings (SSSR count). The van der Waals surface area contributed by atoms with Gasteiger partial charge in [0.1, 0.15) is 5.75 Å². The largest absolute Gasteiger partial charge is 0.493 e. The van der Waals surface area contributed by atoms with E-state index in [-0.39, 0.29) is 6.04 Å². The zero-order valence-electron chi connectivity index (χ0n) is 12.4. The van der Waals surface area contributed by atoms with Gasteiger partial charge in [0.15, 0.2) is 0 Å². The van der Waals surface area contributed by atoms with Gasteiger partial charge in [-0.2, -0.15) is 5.10 Å². The molecule has 2 heterocycles. The van der Waals surface area contributed by atoms with Crippen LogP contribution in [0.5, 0.6) is 5.75 Å². The van der Waals surface area contributed by atoms with E-state index < -0.39 is 0 Å². The summed E-state index contributed by atoms with van der Waals surface area (Å²) in [6.45, 7) is 6.62. The second kappa shape index (κ2) is 6.08. The number of nitrogens with zero attached hydrogens (tertiary/aromatic N) is 2. The van der Waals surface area contributed by atoms with Crippen molar-refractivity contribution >= 4 is 11.6 Å². The van der Waals surface area contributed by atoms with Crippen LogP contribution in [0.2, 0.25) is 5.02 Å². The van der Waals surface area contributed by atoms with E-state index in [0.717, 1.165) is 37.6 Å². The molecule has 2 aromatic rings. The molecule has 0 amide bonds. The fourth-order valence-electron chi connectivity index (χ4n) is 2.87. The molecule has 0 saturated heterocycles. The molecule has 0 aliphatic carbocycles. The average Bonchev–Trinajstić information content (AvgIpc) is 3.10. The Balaban J connectivity index is 2.03. The van der Waals surface area contributed by atoms with Crippen molar-refractivity contribution in [1.29, 1.82) is 0 Å². The summed E-state index contributed by atoms with van der Waals surface area (Å²) in [6.07, 6.45) is 2.70. The van der Waals surface area contributed by atoms with E-state index in [2.05, 4.69) is 42.5 Å². The summed E-state index contributed by atoms with van der Waals surface area (Å²) in [6, 6.07) is 6.44. The van der Waals surface area contributed by atoms with E-state index in [1.807, 2.05) is 4.68 Å². The number of aromatic nitrogens is 2. The Morgan fingerprint density at radius 2 is 2.29 bits per heavy atom. The number of halogens is 1. The van der Waals surface area contributed by atoms with Crippen molar-refractivity contribution in [1.82, 2.24) is 15.1 Å². The van der Waals surface area contributed by atoms with Crippen molar-refractivity contribution in [2.75, 3.05) is 13.2 Å². The first-order valence-electron chi connectivity index (χ1n) is 7.44. The number of hydrogen-bond donors (Lipinski definition) is 1. The molecule has 1 aromatic heterocycles. The monoisotopic (exact) mass is 305 g/mol. The lowest BCUT2D eigenvalue weighted by Gasteiger charge is -2.21. The van der Waals surface area contributed by atoms with Crippen molar-refractivity contribution in [2.24, 2.45) is 0 Å². The van der Waals surface area contributed by atoms with Crippen LogP contribution in [0.15, 0.2) is 24.4 Å². The van der Waals surface area contributed by atoms with E-state index >= 15 is 0 Å². The predicted molar refractivity (Wildman–Crippen MR) is 84.1 cm³/mol. The minimum atomic E-state index is 0.0517. The highest BCUT2D eigenvalue weighted by Crippen LogP contribution is 2.33. The molecular weight excluding hydrogens is 286 g/mol. The number of ether oxygens (including phenoxy) is 1. The molecule has 1 aliphatic heterocycles. The molecule has 1 aliphatic rings. The van der Waals surface area contributed by atoms with E-state index in [1.54, 1.807) is 6.20 Å². The molecule has 0 fully saturated rings. The lowest BCUT2D eigenvalue weighted by Crippen LogP contribution is -2.25. The Morgan fingerprint density at radius 3 is 3.05 bits per heavy atom. The third-order valence-electron chi connectivity index (χ3n) is 3.86. The Morgan fingerprint density at radius 1 is 1.43 bits per heavy atom. The summed E-state index contributed by atoms with van der Waals surface area (Å²) >= 11 is 6.37. The molecule has 1 atom stereocenters. The van der Waals surface area contributed by atoms with Crippen molar-refractivity contribution in [3.05, 3.63) is 46.2 Å². The van der Waals surface area contributed by atoms with Crippen molar-refractivity contribution in [3.63, 3.8) is 0 Å². The third kappa shape index (κ3) is 2.65. The highest BCUT2D eigenvalue weighted by atomic mass is 35.5. The number of hydrogen-bond acceptors (Lipinski definition) is 3.